The van der Waals surface area contributed by atoms with Crippen LogP contribution in [-0.4, -0.2) is 47.7 Å². The number of carboxylic acid groups (broad SMARTS) is 1. The molecule has 1 N–H and O–H groups in total. The molecule has 1 aliphatic carbocycles. The average molecular weight is 281 g/mol. The number of carbonyl (C=O) groups is 2. The minimum Gasteiger partial charge on any atom is -0.481 e. The summed E-state index contributed by atoms with van der Waals surface area (Å²) in [6, 6.07) is 0. The van der Waals surface area contributed by atoms with Gasteiger partial charge in [-0.25, -0.2) is 0 Å². The van der Waals surface area contributed by atoms with E-state index in [1.807, 2.05) is 4.90 Å². The molecule has 1 saturated carbocycles. The van der Waals surface area contributed by atoms with E-state index in [1.165, 1.54) is 0 Å². The molecule has 0 aromatic heterocycles. The number of nitrogens with zero attached hydrogens (tertiary/aromatic N) is 1. The number of ether oxygens (including phenoxy) is 1. The first-order valence-electron chi connectivity index (χ1n) is 7.73. The molecule has 2 unspecified atom stereocenters. The second kappa shape index (κ2) is 5.35. The maximum Gasteiger partial charge on any atom is 0.307 e. The van der Waals surface area contributed by atoms with E-state index in [0.29, 0.717) is 6.42 Å². The fourth-order valence-electron chi connectivity index (χ4n) is 3.77. The maximum atomic E-state index is 12.2. The molecule has 3 aliphatic rings. The maximum absolute atomic E-state index is 12.2. The second-order valence-corrected chi connectivity index (χ2v) is 6.51. The van der Waals surface area contributed by atoms with Gasteiger partial charge in [0.15, 0.2) is 0 Å². The Morgan fingerprint density at radius 1 is 1.30 bits per heavy atom. The molecule has 1 spiro atoms. The normalized spacial score (nSPS) is 31.5. The van der Waals surface area contributed by atoms with Crippen molar-refractivity contribution in [1.29, 1.82) is 0 Å². The van der Waals surface area contributed by atoms with E-state index in [0.717, 1.165) is 58.2 Å². The van der Waals surface area contributed by atoms with Crippen molar-refractivity contribution in [3.63, 3.8) is 0 Å². The van der Waals surface area contributed by atoms with Crippen molar-refractivity contribution in [2.45, 2.75) is 51.0 Å². The van der Waals surface area contributed by atoms with Gasteiger partial charge in [-0.2, -0.15) is 0 Å². The average Bonchev–Trinajstić information content (AvgIpc) is 2.90. The molecular weight excluding hydrogens is 258 g/mol. The first kappa shape index (κ1) is 13.9. The minimum atomic E-state index is -0.664. The first-order valence-corrected chi connectivity index (χ1v) is 7.73. The molecule has 2 heterocycles. The molecule has 2 atom stereocenters. The van der Waals surface area contributed by atoms with E-state index in [-0.39, 0.29) is 23.3 Å². The molecule has 2 aliphatic heterocycles. The lowest BCUT2D eigenvalue weighted by molar-refractivity contribution is -0.140. The number of aliphatic carboxylic acids is 1. The SMILES string of the molecule is O=C(O)C1CC12CCN(C(=O)CCC1CCCO1)CC2. The number of carboxylic acids is 1. The largest absolute Gasteiger partial charge is 0.481 e. The van der Waals surface area contributed by atoms with E-state index in [1.54, 1.807) is 0 Å². The van der Waals surface area contributed by atoms with E-state index in [4.69, 9.17) is 9.84 Å². The highest BCUT2D eigenvalue weighted by atomic mass is 16.5. The zero-order valence-electron chi connectivity index (χ0n) is 11.8. The van der Waals surface area contributed by atoms with Gasteiger partial charge >= 0.3 is 5.97 Å². The lowest BCUT2D eigenvalue weighted by atomic mass is 9.90. The Morgan fingerprint density at radius 3 is 2.60 bits per heavy atom. The van der Waals surface area contributed by atoms with Crippen molar-refractivity contribution < 1.29 is 19.4 Å². The molecule has 20 heavy (non-hydrogen) atoms. The van der Waals surface area contributed by atoms with E-state index < -0.39 is 5.97 Å². The summed E-state index contributed by atoms with van der Waals surface area (Å²) in [5.74, 6) is -0.613. The van der Waals surface area contributed by atoms with Crippen molar-refractivity contribution in [2.75, 3.05) is 19.7 Å². The number of piperidine rings is 1. The summed E-state index contributed by atoms with van der Waals surface area (Å²) in [6.45, 7) is 2.30. The molecule has 0 radical (unpaired) electrons. The van der Waals surface area contributed by atoms with Gasteiger partial charge in [0.1, 0.15) is 0 Å². The first-order chi connectivity index (χ1) is 9.61. The summed E-state index contributed by atoms with van der Waals surface area (Å²) in [6.07, 6.45) is 6.39. The third kappa shape index (κ3) is 2.68. The zero-order chi connectivity index (χ0) is 14.2. The summed E-state index contributed by atoms with van der Waals surface area (Å²) in [4.78, 5) is 25.1. The van der Waals surface area contributed by atoms with Crippen molar-refractivity contribution in [2.24, 2.45) is 11.3 Å². The van der Waals surface area contributed by atoms with Gasteiger partial charge in [0.05, 0.1) is 12.0 Å². The number of hydrogen-bond donors (Lipinski definition) is 1. The second-order valence-electron chi connectivity index (χ2n) is 6.51. The van der Waals surface area contributed by atoms with Gasteiger partial charge in [-0.15, -0.1) is 0 Å². The van der Waals surface area contributed by atoms with Crippen molar-refractivity contribution in [3.8, 4) is 0 Å². The van der Waals surface area contributed by atoms with Gasteiger partial charge in [-0.3, -0.25) is 9.59 Å². The predicted octanol–water partition coefficient (Wildman–Crippen LogP) is 1.66. The highest BCUT2D eigenvalue weighted by molar-refractivity contribution is 5.77. The molecule has 3 fully saturated rings. The molecule has 0 bridgehead atoms. The van der Waals surface area contributed by atoms with Crippen molar-refractivity contribution >= 4 is 11.9 Å². The highest BCUT2D eigenvalue weighted by Gasteiger charge is 2.59. The van der Waals surface area contributed by atoms with Crippen LogP contribution in [0.3, 0.4) is 0 Å². The topological polar surface area (TPSA) is 66.8 Å². The smallest absolute Gasteiger partial charge is 0.307 e. The van der Waals surface area contributed by atoms with Crippen LogP contribution < -0.4 is 0 Å². The van der Waals surface area contributed by atoms with E-state index in [9.17, 15) is 9.59 Å². The Balaban J connectivity index is 1.41. The Kier molecular flexibility index (Phi) is 3.71. The van der Waals surface area contributed by atoms with Gasteiger partial charge in [-0.1, -0.05) is 0 Å². The Bertz CT molecular complexity index is 395. The molecule has 0 aromatic rings. The van der Waals surface area contributed by atoms with E-state index in [2.05, 4.69) is 0 Å². The Hall–Kier alpha value is -1.10. The van der Waals surface area contributed by atoms with Gasteiger partial charge in [0.2, 0.25) is 5.91 Å². The quantitative estimate of drug-likeness (QED) is 0.851. The van der Waals surface area contributed by atoms with Gasteiger partial charge < -0.3 is 14.7 Å². The van der Waals surface area contributed by atoms with Crippen LogP contribution in [0.2, 0.25) is 0 Å². The standard InChI is InChI=1S/C15H23NO4/c17-13(4-3-11-2-1-9-20-11)16-7-5-15(6-8-16)10-12(15)14(18)19/h11-12H,1-10H2,(H,18,19). The molecule has 3 rings (SSSR count). The summed E-state index contributed by atoms with van der Waals surface area (Å²) in [5.41, 5.74) is 0.0111. The third-order valence-corrected chi connectivity index (χ3v) is 5.30. The minimum absolute atomic E-state index is 0.0111. The molecular formula is C15H23NO4. The number of likely N-dealkylation sites (tertiary alicyclic amines) is 1. The molecule has 2 saturated heterocycles. The zero-order valence-corrected chi connectivity index (χ0v) is 11.8. The summed E-state index contributed by atoms with van der Waals surface area (Å²) < 4.78 is 5.54. The summed E-state index contributed by atoms with van der Waals surface area (Å²) >= 11 is 0. The summed E-state index contributed by atoms with van der Waals surface area (Å²) in [7, 11) is 0. The van der Waals surface area contributed by atoms with Crippen LogP contribution in [0.4, 0.5) is 0 Å². The number of hydrogen-bond acceptors (Lipinski definition) is 3. The van der Waals surface area contributed by atoms with Gasteiger partial charge in [0, 0.05) is 26.1 Å². The molecule has 1 amide bonds. The highest BCUT2D eigenvalue weighted by Crippen LogP contribution is 2.59. The molecule has 0 aromatic carbocycles. The molecule has 112 valence electrons. The van der Waals surface area contributed by atoms with Crippen LogP contribution in [0.1, 0.15) is 44.9 Å². The van der Waals surface area contributed by atoms with Gasteiger partial charge in [0.25, 0.3) is 0 Å². The fourth-order valence-corrected chi connectivity index (χ4v) is 3.77. The number of amides is 1. The molecule has 5 heteroatoms. The van der Waals surface area contributed by atoms with Crippen LogP contribution >= 0.6 is 0 Å². The van der Waals surface area contributed by atoms with Crippen LogP contribution in [0.15, 0.2) is 0 Å². The monoisotopic (exact) mass is 281 g/mol. The van der Waals surface area contributed by atoms with Crippen molar-refractivity contribution in [1.82, 2.24) is 4.90 Å². The van der Waals surface area contributed by atoms with Crippen LogP contribution in [0, 0.1) is 11.3 Å². The van der Waals surface area contributed by atoms with Gasteiger partial charge in [-0.05, 0) is 43.9 Å². The van der Waals surface area contributed by atoms with Crippen molar-refractivity contribution in [3.05, 3.63) is 0 Å². The predicted molar refractivity (Wildman–Crippen MR) is 72.2 cm³/mol. The summed E-state index contributed by atoms with van der Waals surface area (Å²) in [5, 5.41) is 9.06. The van der Waals surface area contributed by atoms with E-state index >= 15 is 0 Å². The Labute approximate surface area is 119 Å². The van der Waals surface area contributed by atoms with Crippen LogP contribution in [0.5, 0.6) is 0 Å². The lowest BCUT2D eigenvalue weighted by Crippen LogP contribution is -2.40. The third-order valence-electron chi connectivity index (χ3n) is 5.30. The lowest BCUT2D eigenvalue weighted by Gasteiger charge is -2.32. The van der Waals surface area contributed by atoms with Crippen LogP contribution in [-0.2, 0) is 14.3 Å². The fraction of sp³-hybridized carbons (Fsp3) is 0.867. The van der Waals surface area contributed by atoms with Crippen LogP contribution in [0.25, 0.3) is 0 Å². The number of carbonyl (C=O) groups excluding carboxylic acids is 1. The number of rotatable bonds is 4. The molecule has 5 nitrogen and oxygen atoms in total. The Morgan fingerprint density at radius 2 is 2.05 bits per heavy atom.